The number of aromatic nitrogens is 1. The molecule has 10 nitrogen and oxygen atoms in total. The first-order valence-corrected chi connectivity index (χ1v) is 14.7. The summed E-state index contributed by atoms with van der Waals surface area (Å²) in [7, 11) is 4.53. The molecule has 11 heteroatoms. The Hall–Kier alpha value is -5.35. The van der Waals surface area contributed by atoms with E-state index in [0.717, 1.165) is 16.3 Å². The highest BCUT2D eigenvalue weighted by Gasteiger charge is 2.37. The maximum absolute atomic E-state index is 14.0. The molecule has 0 spiro atoms. The topological polar surface area (TPSA) is 126 Å². The lowest BCUT2D eigenvalue weighted by Gasteiger charge is -2.20. The van der Waals surface area contributed by atoms with Gasteiger partial charge < -0.3 is 38.9 Å². The Morgan fingerprint density at radius 2 is 1.80 bits per heavy atom. The molecule has 0 saturated carbocycles. The summed E-state index contributed by atoms with van der Waals surface area (Å²) < 4.78 is 22.5. The number of carbonyl (C=O) groups is 2. The fraction of sp³-hybridized carbons (Fsp3) is 0.176. The lowest BCUT2D eigenvalue weighted by Crippen LogP contribution is -2.30. The van der Waals surface area contributed by atoms with E-state index in [1.807, 2.05) is 18.2 Å². The van der Waals surface area contributed by atoms with Crippen molar-refractivity contribution in [2.24, 2.45) is 0 Å². The molecule has 0 aliphatic carbocycles. The van der Waals surface area contributed by atoms with E-state index in [1.54, 1.807) is 53.4 Å². The van der Waals surface area contributed by atoms with Gasteiger partial charge in [-0.25, -0.2) is 0 Å². The van der Waals surface area contributed by atoms with Gasteiger partial charge in [0.05, 0.1) is 27.0 Å². The van der Waals surface area contributed by atoms with Crippen molar-refractivity contribution in [1.29, 1.82) is 0 Å². The van der Waals surface area contributed by atoms with Crippen LogP contribution < -0.4 is 24.4 Å². The number of phenolic OH excluding ortho intramolecular Hbond substituents is 1. The summed E-state index contributed by atoms with van der Waals surface area (Å²) in [5.41, 5.74) is 3.53. The molecule has 4 aromatic carbocycles. The number of aromatic amines is 1. The largest absolute Gasteiger partial charge is 0.507 e. The number of hydrogen-bond acceptors (Lipinski definition) is 7. The molecule has 45 heavy (non-hydrogen) atoms. The van der Waals surface area contributed by atoms with Crippen LogP contribution in [0.15, 0.2) is 71.1 Å². The predicted octanol–water partition coefficient (Wildman–Crippen LogP) is 7.03. The first kappa shape index (κ1) is 28.4. The molecular weight excluding hydrogens is 598 g/mol. The van der Waals surface area contributed by atoms with Gasteiger partial charge in [0.25, 0.3) is 11.8 Å². The summed E-state index contributed by atoms with van der Waals surface area (Å²) in [5, 5.41) is 16.7. The molecule has 2 amide bonds. The Bertz CT molecular complexity index is 2120. The van der Waals surface area contributed by atoms with E-state index in [0.29, 0.717) is 62.7 Å². The number of furan rings is 1. The Morgan fingerprint density at radius 1 is 1.00 bits per heavy atom. The number of rotatable bonds is 7. The Morgan fingerprint density at radius 3 is 2.53 bits per heavy atom. The van der Waals surface area contributed by atoms with E-state index in [1.165, 1.54) is 21.3 Å². The minimum absolute atomic E-state index is 0.0440. The molecular formula is C34H28ClN3O7. The van der Waals surface area contributed by atoms with E-state index in [-0.39, 0.29) is 35.1 Å². The molecule has 0 radical (unpaired) electrons. The lowest BCUT2D eigenvalue weighted by atomic mass is 9.94. The van der Waals surface area contributed by atoms with E-state index < -0.39 is 0 Å². The van der Waals surface area contributed by atoms with E-state index >= 15 is 0 Å². The van der Waals surface area contributed by atoms with E-state index in [9.17, 15) is 14.7 Å². The molecule has 0 fully saturated rings. The molecule has 3 heterocycles. The Balaban J connectivity index is 1.23. The predicted molar refractivity (Wildman–Crippen MR) is 173 cm³/mol. The second-order valence-electron chi connectivity index (χ2n) is 10.8. The zero-order chi connectivity index (χ0) is 31.4. The first-order valence-electron chi connectivity index (χ1n) is 14.1. The standard InChI is InChI=1S/C34H28ClN3O7/c1-42-27-13-21-25(39)14-24-29(30(21)32(44-3)31(27)43-2)19(15-35)16-38(24)34(41)23-11-18-10-20(8-9-22(18)37-23)36-33(40)28-12-17-6-4-5-7-26(17)45-28/h4-14,19,37,39H,15-16H2,1-3H3,(H,36,40). The fourth-order valence-electron chi connectivity index (χ4n) is 6.16. The highest BCUT2D eigenvalue weighted by atomic mass is 35.5. The quantitative estimate of drug-likeness (QED) is 0.163. The monoisotopic (exact) mass is 625 g/mol. The number of halogens is 1. The van der Waals surface area contributed by atoms with Gasteiger partial charge in [-0.15, -0.1) is 11.6 Å². The molecule has 1 unspecified atom stereocenters. The lowest BCUT2D eigenvalue weighted by molar-refractivity contribution is 0.0981. The fourth-order valence-corrected chi connectivity index (χ4v) is 6.41. The number of nitrogens with one attached hydrogen (secondary N) is 2. The number of anilines is 2. The van der Waals surface area contributed by atoms with Crippen LogP contribution in [0.4, 0.5) is 11.4 Å². The number of methoxy groups -OCH3 is 3. The summed E-state index contributed by atoms with van der Waals surface area (Å²) in [6, 6.07) is 19.4. The number of H-pyrrole nitrogens is 1. The molecule has 1 aliphatic heterocycles. The van der Waals surface area contributed by atoms with Gasteiger partial charge >= 0.3 is 0 Å². The average molecular weight is 626 g/mol. The maximum atomic E-state index is 14.0. The summed E-state index contributed by atoms with van der Waals surface area (Å²) >= 11 is 6.46. The third-order valence-electron chi connectivity index (χ3n) is 8.22. The number of nitrogens with zero attached hydrogens (tertiary/aromatic N) is 1. The van der Waals surface area contributed by atoms with Crippen molar-refractivity contribution in [3.05, 3.63) is 83.7 Å². The van der Waals surface area contributed by atoms with Crippen LogP contribution in [-0.4, -0.2) is 55.7 Å². The number of carbonyl (C=O) groups excluding carboxylic acids is 2. The first-order chi connectivity index (χ1) is 21.8. The van der Waals surface area contributed by atoms with Crippen molar-refractivity contribution in [1.82, 2.24) is 4.98 Å². The van der Waals surface area contributed by atoms with Crippen LogP contribution in [0, 0.1) is 0 Å². The third-order valence-corrected chi connectivity index (χ3v) is 8.59. The molecule has 1 aliphatic rings. The number of para-hydroxylation sites is 1. The smallest absolute Gasteiger partial charge is 0.291 e. The second-order valence-corrected chi connectivity index (χ2v) is 11.1. The number of phenols is 1. The summed E-state index contributed by atoms with van der Waals surface area (Å²) in [4.78, 5) is 31.7. The van der Waals surface area contributed by atoms with Gasteiger partial charge in [-0.3, -0.25) is 9.59 Å². The summed E-state index contributed by atoms with van der Waals surface area (Å²) in [6.07, 6.45) is 0. The van der Waals surface area contributed by atoms with Gasteiger partial charge in [-0.05, 0) is 48.0 Å². The minimum atomic E-state index is -0.380. The zero-order valence-corrected chi connectivity index (χ0v) is 25.3. The third kappa shape index (κ3) is 4.56. The number of fused-ring (bicyclic) bond motifs is 5. The second kappa shape index (κ2) is 11.0. The number of aromatic hydroxyl groups is 1. The molecule has 0 saturated heterocycles. The average Bonchev–Trinajstić information content (AvgIpc) is 3.78. The number of benzene rings is 4. The molecule has 3 N–H and O–H groups in total. The molecule has 7 rings (SSSR count). The SMILES string of the molecule is COc1cc2c(O)cc3c(c2c(OC)c1OC)C(CCl)CN3C(=O)c1cc2cc(NC(=O)c3cc4ccccc4o3)ccc2[nH]1. The maximum Gasteiger partial charge on any atom is 0.291 e. The zero-order valence-electron chi connectivity index (χ0n) is 24.6. The number of ether oxygens (including phenoxy) is 3. The van der Waals surface area contributed by atoms with Crippen LogP contribution in [0.3, 0.4) is 0 Å². The highest BCUT2D eigenvalue weighted by molar-refractivity contribution is 6.20. The number of amides is 2. The van der Waals surface area contributed by atoms with Crippen LogP contribution in [0.1, 0.15) is 32.5 Å². The molecule has 6 aromatic rings. The highest BCUT2D eigenvalue weighted by Crippen LogP contribution is 2.53. The Labute approximate surface area is 262 Å². The summed E-state index contributed by atoms with van der Waals surface area (Å²) in [6.45, 7) is 0.294. The van der Waals surface area contributed by atoms with Crippen molar-refractivity contribution in [3.63, 3.8) is 0 Å². The van der Waals surface area contributed by atoms with Crippen molar-refractivity contribution in [2.45, 2.75) is 5.92 Å². The van der Waals surface area contributed by atoms with Gasteiger partial charge in [-0.2, -0.15) is 0 Å². The Kier molecular flexibility index (Phi) is 6.93. The van der Waals surface area contributed by atoms with E-state index in [2.05, 4.69) is 10.3 Å². The van der Waals surface area contributed by atoms with Gasteiger partial charge in [-0.1, -0.05) is 18.2 Å². The molecule has 228 valence electrons. The van der Waals surface area contributed by atoms with Gasteiger partial charge in [0.2, 0.25) is 5.75 Å². The van der Waals surface area contributed by atoms with Crippen molar-refractivity contribution in [2.75, 3.05) is 44.0 Å². The molecule has 0 bridgehead atoms. The minimum Gasteiger partial charge on any atom is -0.507 e. The summed E-state index contributed by atoms with van der Waals surface area (Å²) in [5.74, 6) is 0.616. The van der Waals surface area contributed by atoms with Crippen LogP contribution >= 0.6 is 11.6 Å². The van der Waals surface area contributed by atoms with Crippen LogP contribution in [0.25, 0.3) is 32.6 Å². The van der Waals surface area contributed by atoms with Crippen molar-refractivity contribution >= 4 is 67.4 Å². The van der Waals surface area contributed by atoms with Crippen LogP contribution in [0.2, 0.25) is 0 Å². The van der Waals surface area contributed by atoms with Crippen molar-refractivity contribution in [3.8, 4) is 23.0 Å². The van der Waals surface area contributed by atoms with Gasteiger partial charge in [0.15, 0.2) is 17.3 Å². The molecule has 1 atom stereocenters. The molecule has 2 aromatic heterocycles. The van der Waals surface area contributed by atoms with Crippen LogP contribution in [-0.2, 0) is 0 Å². The van der Waals surface area contributed by atoms with Gasteiger partial charge in [0, 0.05) is 57.2 Å². The van der Waals surface area contributed by atoms with E-state index in [4.69, 9.17) is 30.2 Å². The number of hydrogen-bond donors (Lipinski definition) is 3. The van der Waals surface area contributed by atoms with Crippen LogP contribution in [0.5, 0.6) is 23.0 Å². The normalized spacial score (nSPS) is 14.2. The number of alkyl halides is 1. The van der Waals surface area contributed by atoms with Gasteiger partial charge in [0.1, 0.15) is 17.0 Å². The van der Waals surface area contributed by atoms with Crippen molar-refractivity contribution < 1.29 is 33.3 Å².